The van der Waals surface area contributed by atoms with E-state index < -0.39 is 13.9 Å². The van der Waals surface area contributed by atoms with Gasteiger partial charge in [0, 0.05) is 39.5 Å². The zero-order valence-corrected chi connectivity index (χ0v) is 23.5. The highest BCUT2D eigenvalue weighted by molar-refractivity contribution is 6.76. The van der Waals surface area contributed by atoms with E-state index in [0.717, 1.165) is 25.3 Å². The van der Waals surface area contributed by atoms with Crippen LogP contribution in [0, 0.1) is 5.82 Å². The number of benzene rings is 1. The first-order valence-corrected chi connectivity index (χ1v) is 16.6. The largest absolute Gasteiger partial charge is 0.496 e. The fraction of sp³-hybridized carbons (Fsp3) is 0.444. The second-order valence-corrected chi connectivity index (χ2v) is 16.6. The zero-order valence-electron chi connectivity index (χ0n) is 21.8. The average Bonchev–Trinajstić information content (AvgIpc) is 2.86. The van der Waals surface area contributed by atoms with Crippen LogP contribution in [0.5, 0.6) is 5.75 Å². The fourth-order valence-electron chi connectivity index (χ4n) is 4.37. The van der Waals surface area contributed by atoms with Gasteiger partial charge in [-0.05, 0) is 49.6 Å². The predicted octanol–water partition coefficient (Wildman–Crippen LogP) is 5.80. The van der Waals surface area contributed by atoms with Crippen molar-refractivity contribution < 1.29 is 18.7 Å². The van der Waals surface area contributed by atoms with E-state index in [1.165, 1.54) is 29.9 Å². The fourth-order valence-corrected chi connectivity index (χ4v) is 5.41. The lowest BCUT2D eigenvalue weighted by Crippen LogP contribution is -2.35. The number of rotatable bonds is 8. The summed E-state index contributed by atoms with van der Waals surface area (Å²) in [5.41, 5.74) is 0.575. The SMILES string of the molecule is COc1cc(-c2cc(Cl)c3c(=O)n(COCC[Si](C)(C)C)ccc3n2)c(F)cc1C(=O)N1CCCCC1. The molecule has 1 aliphatic rings. The van der Waals surface area contributed by atoms with Crippen molar-refractivity contribution in [1.82, 2.24) is 14.5 Å². The summed E-state index contributed by atoms with van der Waals surface area (Å²) < 4.78 is 27.9. The minimum atomic E-state index is -1.23. The number of fused-ring (bicyclic) bond motifs is 1. The molecule has 10 heteroatoms. The molecule has 3 heterocycles. The normalized spacial score (nSPS) is 14.3. The Morgan fingerprint density at radius 1 is 1.16 bits per heavy atom. The molecule has 1 fully saturated rings. The number of hydrogen-bond acceptors (Lipinski definition) is 5. The molecule has 3 aromatic rings. The molecule has 1 amide bonds. The van der Waals surface area contributed by atoms with Gasteiger partial charge in [-0.2, -0.15) is 0 Å². The highest BCUT2D eigenvalue weighted by Gasteiger charge is 2.24. The van der Waals surface area contributed by atoms with Gasteiger partial charge in [0.25, 0.3) is 11.5 Å². The third-order valence-electron chi connectivity index (χ3n) is 6.55. The van der Waals surface area contributed by atoms with Crippen molar-refractivity contribution in [2.24, 2.45) is 0 Å². The maximum absolute atomic E-state index is 15.3. The van der Waals surface area contributed by atoms with E-state index >= 15 is 4.39 Å². The summed E-state index contributed by atoms with van der Waals surface area (Å²) in [5.74, 6) is -0.608. The van der Waals surface area contributed by atoms with Crippen LogP contribution in [-0.4, -0.2) is 55.2 Å². The smallest absolute Gasteiger partial charge is 0.263 e. The summed E-state index contributed by atoms with van der Waals surface area (Å²) in [4.78, 5) is 32.3. The molecule has 4 rings (SSSR count). The molecule has 0 bridgehead atoms. The van der Waals surface area contributed by atoms with Crippen molar-refractivity contribution in [3.8, 4) is 17.0 Å². The molecular weight excluding hydrogens is 513 g/mol. The lowest BCUT2D eigenvalue weighted by molar-refractivity contribution is 0.0720. The van der Waals surface area contributed by atoms with Gasteiger partial charge in [0.15, 0.2) is 0 Å². The molecule has 0 saturated carbocycles. The lowest BCUT2D eigenvalue weighted by atomic mass is 10.0. The third-order valence-corrected chi connectivity index (χ3v) is 8.55. The van der Waals surface area contributed by atoms with Crippen molar-refractivity contribution in [3.63, 3.8) is 0 Å². The van der Waals surface area contributed by atoms with Crippen molar-refractivity contribution in [2.75, 3.05) is 26.8 Å². The zero-order chi connectivity index (χ0) is 26.7. The van der Waals surface area contributed by atoms with Gasteiger partial charge >= 0.3 is 0 Å². The van der Waals surface area contributed by atoms with Crippen LogP contribution in [0.15, 0.2) is 35.3 Å². The number of halogens is 2. The van der Waals surface area contributed by atoms with E-state index in [1.807, 2.05) is 0 Å². The molecule has 2 aromatic heterocycles. The monoisotopic (exact) mass is 545 g/mol. The van der Waals surface area contributed by atoms with E-state index in [0.29, 0.717) is 25.2 Å². The second kappa shape index (κ2) is 11.3. The van der Waals surface area contributed by atoms with Crippen LogP contribution in [0.3, 0.4) is 0 Å². The van der Waals surface area contributed by atoms with Gasteiger partial charge in [-0.1, -0.05) is 31.2 Å². The average molecular weight is 546 g/mol. The number of aromatic nitrogens is 2. The molecule has 198 valence electrons. The summed E-state index contributed by atoms with van der Waals surface area (Å²) in [6.07, 6.45) is 4.55. The van der Waals surface area contributed by atoms with E-state index in [9.17, 15) is 9.59 Å². The molecule has 0 N–H and O–H groups in total. The molecule has 7 nitrogen and oxygen atoms in total. The Labute approximate surface area is 222 Å². The number of carbonyl (C=O) groups is 1. The van der Waals surface area contributed by atoms with Gasteiger partial charge in [-0.25, -0.2) is 9.37 Å². The van der Waals surface area contributed by atoms with Gasteiger partial charge in [0.1, 0.15) is 18.3 Å². The van der Waals surface area contributed by atoms with E-state index in [4.69, 9.17) is 21.1 Å². The Kier molecular flexibility index (Phi) is 8.35. The van der Waals surface area contributed by atoms with Crippen LogP contribution < -0.4 is 10.3 Å². The number of nitrogens with zero attached hydrogens (tertiary/aromatic N) is 3. The Morgan fingerprint density at radius 3 is 2.57 bits per heavy atom. The van der Waals surface area contributed by atoms with Crippen molar-refractivity contribution in [2.45, 2.75) is 51.7 Å². The number of carbonyl (C=O) groups excluding carboxylic acids is 1. The van der Waals surface area contributed by atoms with Crippen LogP contribution in [0.2, 0.25) is 30.7 Å². The first-order chi connectivity index (χ1) is 17.6. The Hall–Kier alpha value is -2.75. The van der Waals surface area contributed by atoms with E-state index in [2.05, 4.69) is 24.6 Å². The van der Waals surface area contributed by atoms with Crippen LogP contribution in [0.25, 0.3) is 22.2 Å². The van der Waals surface area contributed by atoms with Gasteiger partial charge < -0.3 is 14.4 Å². The van der Waals surface area contributed by atoms with Gasteiger partial charge in [-0.3, -0.25) is 14.2 Å². The minimum absolute atomic E-state index is 0.121. The highest BCUT2D eigenvalue weighted by Crippen LogP contribution is 2.33. The first-order valence-electron chi connectivity index (χ1n) is 12.5. The number of likely N-dealkylation sites (tertiary alicyclic amines) is 1. The predicted molar refractivity (Wildman–Crippen MR) is 147 cm³/mol. The maximum atomic E-state index is 15.3. The topological polar surface area (TPSA) is 73.7 Å². The van der Waals surface area contributed by atoms with Gasteiger partial charge in [0.2, 0.25) is 0 Å². The van der Waals surface area contributed by atoms with Crippen LogP contribution in [-0.2, 0) is 11.5 Å². The lowest BCUT2D eigenvalue weighted by Gasteiger charge is -2.27. The summed E-state index contributed by atoms with van der Waals surface area (Å²) in [6.45, 7) is 8.79. The summed E-state index contributed by atoms with van der Waals surface area (Å²) in [6, 6.07) is 6.78. The Morgan fingerprint density at radius 2 is 1.89 bits per heavy atom. The van der Waals surface area contributed by atoms with Gasteiger partial charge in [0.05, 0.1) is 34.3 Å². The van der Waals surface area contributed by atoms with Crippen molar-refractivity contribution in [3.05, 3.63) is 57.2 Å². The van der Waals surface area contributed by atoms with Gasteiger partial charge in [-0.15, -0.1) is 0 Å². The third kappa shape index (κ3) is 6.22. The maximum Gasteiger partial charge on any atom is 0.263 e. The van der Waals surface area contributed by atoms with Crippen LogP contribution >= 0.6 is 11.6 Å². The number of ether oxygens (including phenoxy) is 2. The minimum Gasteiger partial charge on any atom is -0.496 e. The standard InChI is InChI=1S/C27H33ClFN3O4Si/c1-35-24-15-18(21(29)14-19(24)26(33)31-9-6-5-7-10-31)23-16-20(28)25-22(30-23)8-11-32(27(25)34)17-36-12-13-37(2,3)4/h8,11,14-16H,5-7,9-10,12-13,17H2,1-4H3. The highest BCUT2D eigenvalue weighted by atomic mass is 35.5. The molecule has 0 radical (unpaired) electrons. The Balaban J connectivity index is 1.64. The number of piperidine rings is 1. The molecule has 37 heavy (non-hydrogen) atoms. The second-order valence-electron chi connectivity index (χ2n) is 10.6. The number of methoxy groups -OCH3 is 1. The summed E-state index contributed by atoms with van der Waals surface area (Å²) in [7, 11) is 0.208. The van der Waals surface area contributed by atoms with Crippen molar-refractivity contribution >= 4 is 36.5 Å². The quantitative estimate of drug-likeness (QED) is 0.264. The molecule has 0 spiro atoms. The molecule has 1 saturated heterocycles. The molecule has 1 aromatic carbocycles. The Bertz CT molecular complexity index is 1370. The van der Waals surface area contributed by atoms with Crippen molar-refractivity contribution in [1.29, 1.82) is 0 Å². The molecule has 1 aliphatic heterocycles. The number of amides is 1. The number of pyridine rings is 2. The molecule has 0 unspecified atom stereocenters. The van der Waals surface area contributed by atoms with E-state index in [-0.39, 0.29) is 51.2 Å². The summed E-state index contributed by atoms with van der Waals surface area (Å²) in [5, 5.41) is 0.402. The van der Waals surface area contributed by atoms with E-state index in [1.54, 1.807) is 17.2 Å². The molecule has 0 aliphatic carbocycles. The molecular formula is C27H33ClFN3O4Si. The summed E-state index contributed by atoms with van der Waals surface area (Å²) >= 11 is 6.52. The van der Waals surface area contributed by atoms with Crippen LogP contribution in [0.1, 0.15) is 29.6 Å². The number of hydrogen-bond donors (Lipinski definition) is 0. The first kappa shape index (κ1) is 27.3. The molecule has 0 atom stereocenters. The van der Waals surface area contributed by atoms with Crippen LogP contribution in [0.4, 0.5) is 4.39 Å².